The number of hydrazine groups is 1. The van der Waals surface area contributed by atoms with Gasteiger partial charge < -0.3 is 0 Å². The molecule has 12 heavy (non-hydrogen) atoms. The number of piperazine rings is 1. The average molecular weight is 167 g/mol. The maximum atomic E-state index is 5.84. The summed E-state index contributed by atoms with van der Waals surface area (Å²) in [5, 5.41) is 2.04. The van der Waals surface area contributed by atoms with Gasteiger partial charge in [0.25, 0.3) is 0 Å². The molecule has 1 aliphatic carbocycles. The Labute approximate surface area is 73.5 Å². The lowest BCUT2D eigenvalue weighted by molar-refractivity contribution is 0.125. The topological polar surface area (TPSA) is 32.5 Å². The van der Waals surface area contributed by atoms with Crippen molar-refractivity contribution in [1.29, 1.82) is 0 Å². The molecular weight excluding hydrogens is 150 g/mol. The molecule has 0 aromatic rings. The highest BCUT2D eigenvalue weighted by Gasteiger charge is 2.43. The molecule has 2 bridgehead atoms. The minimum absolute atomic E-state index is 0.675. The Morgan fingerprint density at radius 1 is 1.17 bits per heavy atom. The first kappa shape index (κ1) is 7.30. The molecule has 2 aliphatic heterocycles. The van der Waals surface area contributed by atoms with Crippen molar-refractivity contribution in [3.05, 3.63) is 0 Å². The summed E-state index contributed by atoms with van der Waals surface area (Å²) in [5.41, 5.74) is 0. The Morgan fingerprint density at radius 3 is 2.50 bits per heavy atom. The number of nitrogens with zero attached hydrogens (tertiary/aromatic N) is 2. The van der Waals surface area contributed by atoms with Crippen molar-refractivity contribution in [2.24, 2.45) is 11.8 Å². The summed E-state index contributed by atoms with van der Waals surface area (Å²) >= 11 is 0. The third-order valence-corrected chi connectivity index (χ3v) is 3.59. The van der Waals surface area contributed by atoms with Crippen LogP contribution in [0.2, 0.25) is 0 Å². The van der Waals surface area contributed by atoms with E-state index in [-0.39, 0.29) is 0 Å². The maximum absolute atomic E-state index is 5.84. The van der Waals surface area contributed by atoms with E-state index in [2.05, 4.69) is 4.90 Å². The summed E-state index contributed by atoms with van der Waals surface area (Å²) < 4.78 is 0. The molecule has 1 saturated carbocycles. The molecule has 0 aromatic heterocycles. The van der Waals surface area contributed by atoms with Crippen LogP contribution in [-0.2, 0) is 0 Å². The van der Waals surface area contributed by atoms with Crippen molar-refractivity contribution in [1.82, 2.24) is 9.91 Å². The van der Waals surface area contributed by atoms with Crippen molar-refractivity contribution in [2.75, 3.05) is 19.6 Å². The van der Waals surface area contributed by atoms with Crippen molar-refractivity contribution in [3.63, 3.8) is 0 Å². The second kappa shape index (κ2) is 2.44. The standard InChI is InChI=1S/C9H17N3/c10-12-6-8-3-9(12)5-11(8)4-7-1-2-7/h7-9H,1-6,10H2. The molecule has 0 spiro atoms. The van der Waals surface area contributed by atoms with Crippen molar-refractivity contribution in [3.8, 4) is 0 Å². The van der Waals surface area contributed by atoms with Gasteiger partial charge in [0.15, 0.2) is 0 Å². The fourth-order valence-corrected chi connectivity index (χ4v) is 2.64. The van der Waals surface area contributed by atoms with Gasteiger partial charge in [0.05, 0.1) is 0 Å². The van der Waals surface area contributed by atoms with E-state index in [9.17, 15) is 0 Å². The Hall–Kier alpha value is -0.120. The van der Waals surface area contributed by atoms with Crippen LogP contribution in [0.25, 0.3) is 0 Å². The first-order valence-corrected chi connectivity index (χ1v) is 5.08. The first-order valence-electron chi connectivity index (χ1n) is 5.08. The van der Waals surface area contributed by atoms with Crippen molar-refractivity contribution in [2.45, 2.75) is 31.3 Å². The molecule has 3 heteroatoms. The summed E-state index contributed by atoms with van der Waals surface area (Å²) in [7, 11) is 0. The number of hydrogen-bond acceptors (Lipinski definition) is 3. The van der Waals surface area contributed by atoms with E-state index in [1.54, 1.807) is 0 Å². The number of likely N-dealkylation sites (tertiary alicyclic amines) is 1. The third kappa shape index (κ3) is 1.08. The van der Waals surface area contributed by atoms with Crippen LogP contribution in [0, 0.1) is 5.92 Å². The quantitative estimate of drug-likeness (QED) is 0.589. The summed E-state index contributed by atoms with van der Waals surface area (Å²) in [6.07, 6.45) is 4.27. The SMILES string of the molecule is NN1CC2CC1CN2CC1CC1. The molecule has 3 nitrogen and oxygen atoms in total. The van der Waals surface area contributed by atoms with E-state index in [0.717, 1.165) is 18.5 Å². The van der Waals surface area contributed by atoms with Crippen LogP contribution in [0.5, 0.6) is 0 Å². The second-order valence-corrected chi connectivity index (χ2v) is 4.64. The average Bonchev–Trinajstić information content (AvgIpc) is 2.65. The molecule has 0 aromatic carbocycles. The van der Waals surface area contributed by atoms with Crippen LogP contribution >= 0.6 is 0 Å². The molecule has 2 atom stereocenters. The molecule has 3 fully saturated rings. The number of hydrogen-bond donors (Lipinski definition) is 1. The van der Waals surface area contributed by atoms with Crippen LogP contribution in [0.4, 0.5) is 0 Å². The summed E-state index contributed by atoms with van der Waals surface area (Å²) in [6.45, 7) is 3.70. The van der Waals surface area contributed by atoms with Gasteiger partial charge >= 0.3 is 0 Å². The van der Waals surface area contributed by atoms with Crippen LogP contribution in [-0.4, -0.2) is 41.6 Å². The maximum Gasteiger partial charge on any atom is 0.0384 e. The van der Waals surface area contributed by atoms with Crippen LogP contribution in [0.3, 0.4) is 0 Å². The molecule has 3 rings (SSSR count). The molecule has 2 heterocycles. The van der Waals surface area contributed by atoms with Gasteiger partial charge in [-0.15, -0.1) is 0 Å². The molecule has 2 saturated heterocycles. The summed E-state index contributed by atoms with van der Waals surface area (Å²) in [5.74, 6) is 6.87. The zero-order valence-electron chi connectivity index (χ0n) is 7.45. The number of fused-ring (bicyclic) bond motifs is 2. The molecule has 68 valence electrons. The van der Waals surface area contributed by atoms with Gasteiger partial charge in [-0.3, -0.25) is 10.7 Å². The monoisotopic (exact) mass is 167 g/mol. The normalized spacial score (nSPS) is 42.8. The summed E-state index contributed by atoms with van der Waals surface area (Å²) in [6, 6.07) is 1.47. The minimum atomic E-state index is 0.675. The molecule has 0 radical (unpaired) electrons. The van der Waals surface area contributed by atoms with Crippen LogP contribution < -0.4 is 5.84 Å². The zero-order valence-corrected chi connectivity index (χ0v) is 7.45. The van der Waals surface area contributed by atoms with E-state index in [4.69, 9.17) is 5.84 Å². The fourth-order valence-electron chi connectivity index (χ4n) is 2.64. The van der Waals surface area contributed by atoms with Crippen LogP contribution in [0.15, 0.2) is 0 Å². The lowest BCUT2D eigenvalue weighted by atomic mass is 10.2. The first-order chi connectivity index (χ1) is 5.83. The fraction of sp³-hybridized carbons (Fsp3) is 1.00. The number of nitrogens with two attached hydrogens (primary N) is 1. The molecule has 0 amide bonds. The second-order valence-electron chi connectivity index (χ2n) is 4.64. The van der Waals surface area contributed by atoms with Crippen molar-refractivity contribution < 1.29 is 0 Å². The van der Waals surface area contributed by atoms with Gasteiger partial charge in [0, 0.05) is 31.7 Å². The van der Waals surface area contributed by atoms with Gasteiger partial charge in [-0.1, -0.05) is 0 Å². The predicted molar refractivity (Wildman–Crippen MR) is 47.4 cm³/mol. The predicted octanol–water partition coefficient (Wildman–Crippen LogP) is 0.0286. The Kier molecular flexibility index (Phi) is 1.48. The van der Waals surface area contributed by atoms with Crippen LogP contribution in [0.1, 0.15) is 19.3 Å². The van der Waals surface area contributed by atoms with Gasteiger partial charge in [-0.25, -0.2) is 5.01 Å². The van der Waals surface area contributed by atoms with E-state index < -0.39 is 0 Å². The Balaban J connectivity index is 1.62. The zero-order chi connectivity index (χ0) is 8.13. The molecule has 2 unspecified atom stereocenters. The lowest BCUT2D eigenvalue weighted by Gasteiger charge is -2.31. The molecule has 3 aliphatic rings. The molecular formula is C9H17N3. The molecule has 2 N–H and O–H groups in total. The Morgan fingerprint density at radius 2 is 2.00 bits per heavy atom. The van der Waals surface area contributed by atoms with Crippen molar-refractivity contribution >= 4 is 0 Å². The third-order valence-electron chi connectivity index (χ3n) is 3.59. The Bertz CT molecular complexity index is 188. The highest BCUT2D eigenvalue weighted by Crippen LogP contribution is 2.35. The van der Waals surface area contributed by atoms with Gasteiger partial charge in [-0.05, 0) is 25.2 Å². The lowest BCUT2D eigenvalue weighted by Crippen LogP contribution is -2.49. The highest BCUT2D eigenvalue weighted by atomic mass is 15.5. The van der Waals surface area contributed by atoms with Gasteiger partial charge in [-0.2, -0.15) is 0 Å². The minimum Gasteiger partial charge on any atom is -0.297 e. The largest absolute Gasteiger partial charge is 0.297 e. The van der Waals surface area contributed by atoms with E-state index in [1.807, 2.05) is 5.01 Å². The van der Waals surface area contributed by atoms with Gasteiger partial charge in [0.2, 0.25) is 0 Å². The summed E-state index contributed by atoms with van der Waals surface area (Å²) in [4.78, 5) is 2.66. The van der Waals surface area contributed by atoms with E-state index in [0.29, 0.717) is 6.04 Å². The van der Waals surface area contributed by atoms with Gasteiger partial charge in [0.1, 0.15) is 0 Å². The smallest absolute Gasteiger partial charge is 0.0384 e. The van der Waals surface area contributed by atoms with E-state index in [1.165, 1.54) is 32.4 Å². The number of rotatable bonds is 2. The van der Waals surface area contributed by atoms with E-state index >= 15 is 0 Å². The highest BCUT2D eigenvalue weighted by molar-refractivity contribution is 4.98.